The van der Waals surface area contributed by atoms with Gasteiger partial charge >= 0.3 is 0 Å². The van der Waals surface area contributed by atoms with E-state index in [0.717, 1.165) is 0 Å². The topological polar surface area (TPSA) is 77.0 Å². The minimum atomic E-state index is -0.323. The van der Waals surface area contributed by atoms with Gasteiger partial charge < -0.3 is 15.6 Å². The third-order valence-corrected chi connectivity index (χ3v) is 2.09. The highest BCUT2D eigenvalue weighted by Crippen LogP contribution is 2.18. The van der Waals surface area contributed by atoms with E-state index in [1.165, 1.54) is 24.6 Å². The van der Waals surface area contributed by atoms with Crippen molar-refractivity contribution in [2.75, 3.05) is 17.6 Å². The van der Waals surface area contributed by atoms with Crippen LogP contribution >= 0.6 is 0 Å². The summed E-state index contributed by atoms with van der Waals surface area (Å²) in [6.45, 7) is 0.563. The molecule has 2 aromatic rings. The lowest BCUT2D eigenvalue weighted by Crippen LogP contribution is -2.08. The van der Waals surface area contributed by atoms with Crippen molar-refractivity contribution in [1.29, 1.82) is 0 Å². The number of rotatable bonds is 4. The molecule has 0 saturated heterocycles. The molecule has 0 aliphatic heterocycles. The molecule has 0 amide bonds. The molecular formula is C10H11FN4O. The summed E-state index contributed by atoms with van der Waals surface area (Å²) in [5.41, 5.74) is 6.75. The van der Waals surface area contributed by atoms with Gasteiger partial charge in [0.25, 0.3) is 0 Å². The fourth-order valence-corrected chi connectivity index (χ4v) is 1.29. The highest BCUT2D eigenvalue weighted by Gasteiger charge is 2.02. The Balaban J connectivity index is 1.92. The molecular weight excluding hydrogens is 211 g/mol. The second-order valence-corrected chi connectivity index (χ2v) is 3.26. The van der Waals surface area contributed by atoms with Crippen LogP contribution in [0.3, 0.4) is 0 Å². The van der Waals surface area contributed by atoms with Crippen molar-refractivity contribution < 1.29 is 8.91 Å². The highest BCUT2D eigenvalue weighted by molar-refractivity contribution is 5.65. The Morgan fingerprint density at radius 1 is 1.44 bits per heavy atom. The first-order valence-corrected chi connectivity index (χ1v) is 4.80. The zero-order valence-corrected chi connectivity index (χ0v) is 8.48. The zero-order valence-electron chi connectivity index (χ0n) is 8.48. The second kappa shape index (κ2) is 4.61. The van der Waals surface area contributed by atoms with Crippen LogP contribution in [0.2, 0.25) is 0 Å². The SMILES string of the molecule is Nc1ccc(F)cc1NCCc1ncon1. The molecule has 1 heterocycles. The molecule has 84 valence electrons. The molecule has 5 nitrogen and oxygen atoms in total. The maximum Gasteiger partial charge on any atom is 0.213 e. The monoisotopic (exact) mass is 222 g/mol. The van der Waals surface area contributed by atoms with E-state index in [2.05, 4.69) is 20.0 Å². The summed E-state index contributed by atoms with van der Waals surface area (Å²) in [5, 5.41) is 6.66. The average molecular weight is 222 g/mol. The van der Waals surface area contributed by atoms with Crippen molar-refractivity contribution >= 4 is 11.4 Å². The smallest absolute Gasteiger partial charge is 0.213 e. The summed E-state index contributed by atoms with van der Waals surface area (Å²) in [6, 6.07) is 4.19. The van der Waals surface area contributed by atoms with Gasteiger partial charge in [0.2, 0.25) is 6.39 Å². The van der Waals surface area contributed by atoms with Crippen molar-refractivity contribution in [1.82, 2.24) is 10.1 Å². The number of nitrogens with zero attached hydrogens (tertiary/aromatic N) is 2. The normalized spacial score (nSPS) is 10.3. The lowest BCUT2D eigenvalue weighted by molar-refractivity contribution is 0.410. The molecule has 0 saturated carbocycles. The van der Waals surface area contributed by atoms with Crippen LogP contribution in [0.25, 0.3) is 0 Å². The van der Waals surface area contributed by atoms with E-state index in [0.29, 0.717) is 30.2 Å². The Morgan fingerprint density at radius 2 is 2.31 bits per heavy atom. The van der Waals surface area contributed by atoms with Gasteiger partial charge in [-0.05, 0) is 18.2 Å². The minimum absolute atomic E-state index is 0.323. The summed E-state index contributed by atoms with van der Waals surface area (Å²) < 4.78 is 17.5. The minimum Gasteiger partial charge on any atom is -0.397 e. The van der Waals surface area contributed by atoms with E-state index < -0.39 is 0 Å². The number of anilines is 2. The molecule has 0 atom stereocenters. The van der Waals surface area contributed by atoms with E-state index in [9.17, 15) is 4.39 Å². The van der Waals surface area contributed by atoms with Gasteiger partial charge in [-0.15, -0.1) is 0 Å². The zero-order chi connectivity index (χ0) is 11.4. The van der Waals surface area contributed by atoms with Gasteiger partial charge in [-0.3, -0.25) is 0 Å². The number of aromatic nitrogens is 2. The molecule has 0 fully saturated rings. The Labute approximate surface area is 91.5 Å². The average Bonchev–Trinajstić information content (AvgIpc) is 2.76. The van der Waals surface area contributed by atoms with E-state index in [4.69, 9.17) is 5.73 Å². The van der Waals surface area contributed by atoms with E-state index in [1.54, 1.807) is 0 Å². The first kappa shape index (κ1) is 10.4. The van der Waals surface area contributed by atoms with Crippen molar-refractivity contribution in [2.45, 2.75) is 6.42 Å². The molecule has 1 aromatic carbocycles. The number of nitrogen functional groups attached to an aromatic ring is 1. The lowest BCUT2D eigenvalue weighted by Gasteiger charge is -2.07. The first-order chi connectivity index (χ1) is 7.75. The molecule has 1 aromatic heterocycles. The van der Waals surface area contributed by atoms with Gasteiger partial charge in [-0.2, -0.15) is 4.98 Å². The van der Waals surface area contributed by atoms with E-state index >= 15 is 0 Å². The van der Waals surface area contributed by atoms with Crippen LogP contribution in [0.1, 0.15) is 5.82 Å². The van der Waals surface area contributed by atoms with Gasteiger partial charge in [0.1, 0.15) is 5.82 Å². The Kier molecular flexibility index (Phi) is 3.00. The molecule has 0 bridgehead atoms. The summed E-state index contributed by atoms with van der Waals surface area (Å²) in [7, 11) is 0. The van der Waals surface area contributed by atoms with Crippen molar-refractivity contribution in [3.8, 4) is 0 Å². The van der Waals surface area contributed by atoms with Gasteiger partial charge in [0, 0.05) is 13.0 Å². The predicted molar refractivity (Wildman–Crippen MR) is 57.3 cm³/mol. The van der Waals surface area contributed by atoms with Crippen molar-refractivity contribution in [3.05, 3.63) is 36.2 Å². The number of benzene rings is 1. The first-order valence-electron chi connectivity index (χ1n) is 4.80. The summed E-state index contributed by atoms with van der Waals surface area (Å²) in [5.74, 6) is 0.277. The fourth-order valence-electron chi connectivity index (χ4n) is 1.29. The third-order valence-electron chi connectivity index (χ3n) is 2.09. The van der Waals surface area contributed by atoms with Gasteiger partial charge in [-0.1, -0.05) is 5.16 Å². The van der Waals surface area contributed by atoms with Crippen LogP contribution in [0.5, 0.6) is 0 Å². The number of nitrogens with one attached hydrogen (secondary N) is 1. The molecule has 3 N–H and O–H groups in total. The number of hydrogen-bond donors (Lipinski definition) is 2. The molecule has 16 heavy (non-hydrogen) atoms. The van der Waals surface area contributed by atoms with Crippen LogP contribution in [-0.2, 0) is 6.42 Å². The molecule has 0 radical (unpaired) electrons. The largest absolute Gasteiger partial charge is 0.397 e. The number of halogens is 1. The fraction of sp³-hybridized carbons (Fsp3) is 0.200. The molecule has 0 unspecified atom stereocenters. The predicted octanol–water partition coefficient (Wildman–Crippen LogP) is 1.45. The van der Waals surface area contributed by atoms with Crippen LogP contribution in [0.15, 0.2) is 29.1 Å². The summed E-state index contributed by atoms with van der Waals surface area (Å²) in [4.78, 5) is 3.86. The standard InChI is InChI=1S/C10H11FN4O/c11-7-1-2-8(12)9(5-7)13-4-3-10-14-6-16-15-10/h1-2,5-6,13H,3-4,12H2. The molecule has 0 spiro atoms. The Morgan fingerprint density at radius 3 is 3.06 bits per heavy atom. The molecule has 0 aliphatic rings. The van der Waals surface area contributed by atoms with Gasteiger partial charge in [-0.25, -0.2) is 4.39 Å². The molecule has 2 rings (SSSR count). The maximum absolute atomic E-state index is 12.9. The number of nitrogens with two attached hydrogens (primary N) is 1. The van der Waals surface area contributed by atoms with E-state index in [-0.39, 0.29) is 5.82 Å². The van der Waals surface area contributed by atoms with Gasteiger partial charge in [0.05, 0.1) is 11.4 Å². The maximum atomic E-state index is 12.9. The quantitative estimate of drug-likeness (QED) is 0.765. The summed E-state index contributed by atoms with van der Waals surface area (Å²) in [6.07, 6.45) is 1.86. The molecule has 6 heteroatoms. The molecule has 0 aliphatic carbocycles. The Bertz CT molecular complexity index is 458. The third kappa shape index (κ3) is 2.47. The van der Waals surface area contributed by atoms with Crippen LogP contribution in [-0.4, -0.2) is 16.7 Å². The Hall–Kier alpha value is -2.11. The van der Waals surface area contributed by atoms with Crippen molar-refractivity contribution in [2.24, 2.45) is 0 Å². The second-order valence-electron chi connectivity index (χ2n) is 3.26. The van der Waals surface area contributed by atoms with E-state index in [1.807, 2.05) is 0 Å². The van der Waals surface area contributed by atoms with Crippen LogP contribution < -0.4 is 11.1 Å². The van der Waals surface area contributed by atoms with Crippen LogP contribution in [0.4, 0.5) is 15.8 Å². The van der Waals surface area contributed by atoms with Crippen molar-refractivity contribution in [3.63, 3.8) is 0 Å². The van der Waals surface area contributed by atoms with Gasteiger partial charge in [0.15, 0.2) is 5.82 Å². The highest BCUT2D eigenvalue weighted by atomic mass is 19.1. The van der Waals surface area contributed by atoms with Crippen LogP contribution in [0, 0.1) is 5.82 Å². The number of hydrogen-bond acceptors (Lipinski definition) is 5. The summed E-state index contributed by atoms with van der Waals surface area (Å²) >= 11 is 0. The lowest BCUT2D eigenvalue weighted by atomic mass is 10.2.